The van der Waals surface area contributed by atoms with E-state index in [1.54, 1.807) is 11.3 Å². The molecule has 8 heteroatoms. The van der Waals surface area contributed by atoms with Crippen LogP contribution in [0.5, 0.6) is 0 Å². The van der Waals surface area contributed by atoms with Gasteiger partial charge in [-0.1, -0.05) is 0 Å². The van der Waals surface area contributed by atoms with Crippen molar-refractivity contribution in [2.24, 2.45) is 0 Å². The molecule has 4 rings (SSSR count). The van der Waals surface area contributed by atoms with Gasteiger partial charge in [0.15, 0.2) is 5.82 Å². The molecule has 140 valence electrons. The minimum atomic E-state index is 0.377. The zero-order valence-electron chi connectivity index (χ0n) is 15.5. The summed E-state index contributed by atoms with van der Waals surface area (Å²) in [4.78, 5) is 16.2. The Morgan fingerprint density at radius 1 is 1.19 bits per heavy atom. The van der Waals surface area contributed by atoms with Crippen LogP contribution in [0.1, 0.15) is 22.6 Å². The topological polar surface area (TPSA) is 62.8 Å². The number of hydrogen-bond acceptors (Lipinski definition) is 8. The van der Waals surface area contributed by atoms with E-state index in [-0.39, 0.29) is 0 Å². The lowest BCUT2D eigenvalue weighted by Crippen LogP contribution is -2.41. The van der Waals surface area contributed by atoms with Crippen LogP contribution in [0.25, 0.3) is 0 Å². The first-order valence-corrected chi connectivity index (χ1v) is 9.78. The summed E-state index contributed by atoms with van der Waals surface area (Å²) < 4.78 is 11.4. The Labute approximate surface area is 158 Å². The summed E-state index contributed by atoms with van der Waals surface area (Å²) in [6, 6.07) is 2.52. The summed E-state index contributed by atoms with van der Waals surface area (Å²) >= 11 is 1.77. The average Bonchev–Trinajstić information content (AvgIpc) is 2.86. The molecule has 2 aliphatic heterocycles. The first-order valence-electron chi connectivity index (χ1n) is 8.96. The molecule has 0 bridgehead atoms. The number of fused-ring (bicyclic) bond motifs is 1. The molecular weight excluding hydrogens is 350 g/mol. The average molecular weight is 375 g/mol. The molecule has 1 N–H and O–H groups in total. The van der Waals surface area contributed by atoms with Crippen molar-refractivity contribution in [3.8, 4) is 0 Å². The molecule has 0 amide bonds. The molecule has 2 aliphatic rings. The molecule has 0 unspecified atom stereocenters. The van der Waals surface area contributed by atoms with Crippen LogP contribution in [-0.4, -0.2) is 49.7 Å². The van der Waals surface area contributed by atoms with Gasteiger partial charge in [0.2, 0.25) is 5.95 Å². The maximum absolute atomic E-state index is 5.86. The van der Waals surface area contributed by atoms with Crippen molar-refractivity contribution >= 4 is 34.5 Å². The maximum Gasteiger partial charge on any atom is 0.229 e. The van der Waals surface area contributed by atoms with Crippen molar-refractivity contribution in [3.63, 3.8) is 0 Å². The van der Waals surface area contributed by atoms with Crippen LogP contribution in [0.3, 0.4) is 0 Å². The van der Waals surface area contributed by atoms with Crippen LogP contribution in [0.2, 0.25) is 0 Å². The normalized spacial score (nSPS) is 18.6. The molecule has 0 aromatic carbocycles. The van der Waals surface area contributed by atoms with Gasteiger partial charge in [-0.15, -0.1) is 11.3 Å². The molecular formula is C18H25N5O2S. The predicted molar refractivity (Wildman–Crippen MR) is 105 cm³/mol. The molecule has 0 saturated carbocycles. The van der Waals surface area contributed by atoms with Gasteiger partial charge in [0.1, 0.15) is 19.1 Å². The molecule has 0 atom stereocenters. The van der Waals surface area contributed by atoms with Gasteiger partial charge in [0.05, 0.1) is 11.9 Å². The van der Waals surface area contributed by atoms with Crippen LogP contribution < -0.4 is 15.1 Å². The van der Waals surface area contributed by atoms with Gasteiger partial charge < -0.3 is 24.6 Å². The zero-order chi connectivity index (χ0) is 18.1. The fourth-order valence-corrected chi connectivity index (χ4v) is 4.34. The minimum absolute atomic E-state index is 0.377. The highest BCUT2D eigenvalue weighted by Gasteiger charge is 2.29. The lowest BCUT2D eigenvalue weighted by Gasteiger charge is -2.34. The molecule has 7 nitrogen and oxygen atoms in total. The Bertz CT molecular complexity index is 775. The first kappa shape index (κ1) is 17.5. The lowest BCUT2D eigenvalue weighted by molar-refractivity contribution is 0.0713. The van der Waals surface area contributed by atoms with Gasteiger partial charge in [0.25, 0.3) is 0 Å². The predicted octanol–water partition coefficient (Wildman–Crippen LogP) is 3.27. The molecule has 0 aliphatic carbocycles. The van der Waals surface area contributed by atoms with Crippen LogP contribution in [0, 0.1) is 13.8 Å². The van der Waals surface area contributed by atoms with Crippen molar-refractivity contribution in [1.82, 2.24) is 9.97 Å². The van der Waals surface area contributed by atoms with Crippen molar-refractivity contribution < 1.29 is 9.47 Å². The first-order chi connectivity index (χ1) is 12.6. The fraction of sp³-hybridized carbons (Fsp3) is 0.556. The van der Waals surface area contributed by atoms with Crippen molar-refractivity contribution in [2.45, 2.75) is 32.7 Å². The van der Waals surface area contributed by atoms with E-state index in [0.29, 0.717) is 25.5 Å². The number of nitrogens with zero attached hydrogens (tertiary/aromatic N) is 4. The third-order valence-electron chi connectivity index (χ3n) is 4.87. The van der Waals surface area contributed by atoms with E-state index in [1.165, 1.54) is 9.75 Å². The second kappa shape index (κ2) is 7.38. The Morgan fingerprint density at radius 3 is 2.73 bits per heavy atom. The van der Waals surface area contributed by atoms with E-state index in [9.17, 15) is 0 Å². The van der Waals surface area contributed by atoms with Crippen LogP contribution in [-0.2, 0) is 9.47 Å². The van der Waals surface area contributed by atoms with Crippen molar-refractivity contribution in [2.75, 3.05) is 48.8 Å². The highest BCUT2D eigenvalue weighted by molar-refractivity contribution is 7.12. The van der Waals surface area contributed by atoms with E-state index in [0.717, 1.165) is 43.2 Å². The number of aryl methyl sites for hydroxylation is 2. The maximum atomic E-state index is 5.86. The van der Waals surface area contributed by atoms with Gasteiger partial charge in [0, 0.05) is 36.1 Å². The summed E-state index contributed by atoms with van der Waals surface area (Å²) in [5.41, 5.74) is 2.07. The van der Waals surface area contributed by atoms with Gasteiger partial charge >= 0.3 is 0 Å². The highest BCUT2D eigenvalue weighted by atomic mass is 32.1. The second-order valence-corrected chi connectivity index (χ2v) is 8.29. The van der Waals surface area contributed by atoms with E-state index in [4.69, 9.17) is 14.5 Å². The van der Waals surface area contributed by atoms with E-state index in [2.05, 4.69) is 40.0 Å². The number of rotatable bonds is 3. The molecule has 0 spiro atoms. The van der Waals surface area contributed by atoms with Crippen molar-refractivity contribution in [1.29, 1.82) is 0 Å². The van der Waals surface area contributed by atoms with Crippen LogP contribution >= 0.6 is 11.3 Å². The van der Waals surface area contributed by atoms with E-state index in [1.807, 2.05) is 13.2 Å². The molecule has 1 fully saturated rings. The van der Waals surface area contributed by atoms with Crippen LogP contribution in [0.4, 0.5) is 23.1 Å². The fourth-order valence-electron chi connectivity index (χ4n) is 3.46. The minimum Gasteiger partial charge on any atom is -0.381 e. The Balaban J connectivity index is 1.67. The Kier molecular flexibility index (Phi) is 4.97. The van der Waals surface area contributed by atoms with Gasteiger partial charge in [-0.3, -0.25) is 0 Å². The van der Waals surface area contributed by atoms with E-state index < -0.39 is 0 Å². The van der Waals surface area contributed by atoms with Gasteiger partial charge in [-0.2, -0.15) is 4.98 Å². The Hall–Kier alpha value is -1.90. The molecule has 4 heterocycles. The van der Waals surface area contributed by atoms with Gasteiger partial charge in [-0.25, -0.2) is 4.98 Å². The standard InChI is InChI=1S/C18H25N5O2S/c1-12-8-15(13(2)26-12)20-18-19-9-16-17(21-18)23(11-25-10-22(16)3)14-4-6-24-7-5-14/h8-9,14H,4-7,10-11H2,1-3H3,(H,19,20,21). The monoisotopic (exact) mass is 375 g/mol. The molecule has 1 saturated heterocycles. The third kappa shape index (κ3) is 3.49. The SMILES string of the molecule is Cc1cc(Nc2ncc3c(n2)N(C2CCOCC2)COCN3C)c(C)s1. The zero-order valence-corrected chi connectivity index (χ0v) is 16.3. The highest BCUT2D eigenvalue weighted by Crippen LogP contribution is 2.34. The third-order valence-corrected chi connectivity index (χ3v) is 5.83. The summed E-state index contributed by atoms with van der Waals surface area (Å²) in [6.45, 7) is 6.87. The molecule has 2 aromatic heterocycles. The number of aromatic nitrogens is 2. The number of anilines is 4. The van der Waals surface area contributed by atoms with Gasteiger partial charge in [-0.05, 0) is 32.8 Å². The molecule has 26 heavy (non-hydrogen) atoms. The summed E-state index contributed by atoms with van der Waals surface area (Å²) in [7, 11) is 2.01. The van der Waals surface area contributed by atoms with E-state index >= 15 is 0 Å². The summed E-state index contributed by atoms with van der Waals surface area (Å²) in [6.07, 6.45) is 3.87. The summed E-state index contributed by atoms with van der Waals surface area (Å²) in [5, 5.41) is 3.38. The number of thiophene rings is 1. The lowest BCUT2D eigenvalue weighted by atomic mass is 10.1. The van der Waals surface area contributed by atoms with Crippen LogP contribution in [0.15, 0.2) is 12.3 Å². The molecule has 0 radical (unpaired) electrons. The molecule has 2 aromatic rings. The number of ether oxygens (including phenoxy) is 2. The summed E-state index contributed by atoms with van der Waals surface area (Å²) in [5.74, 6) is 1.55. The van der Waals surface area contributed by atoms with Crippen molar-refractivity contribution in [3.05, 3.63) is 22.0 Å². The quantitative estimate of drug-likeness (QED) is 0.883. The number of nitrogens with one attached hydrogen (secondary N) is 1. The Morgan fingerprint density at radius 2 is 2.00 bits per heavy atom. The largest absolute Gasteiger partial charge is 0.381 e. The smallest absolute Gasteiger partial charge is 0.229 e. The second-order valence-electron chi connectivity index (χ2n) is 6.83. The number of hydrogen-bond donors (Lipinski definition) is 1.